The first-order valence-corrected chi connectivity index (χ1v) is 8.93. The van der Waals surface area contributed by atoms with E-state index in [9.17, 15) is 5.11 Å². The Morgan fingerprint density at radius 2 is 1.32 bits per heavy atom. The Labute approximate surface area is 137 Å². The number of aliphatic hydroxyl groups is 2. The fraction of sp³-hybridized carbons (Fsp3) is 0.889. The molecule has 134 valence electrons. The summed E-state index contributed by atoms with van der Waals surface area (Å²) in [4.78, 5) is 0. The monoisotopic (exact) mass is 317 g/mol. The molecule has 0 aliphatic rings. The van der Waals surface area contributed by atoms with Crippen LogP contribution in [0, 0.1) is 0 Å². The van der Waals surface area contributed by atoms with Crippen molar-refractivity contribution in [2.45, 2.75) is 96.1 Å². The van der Waals surface area contributed by atoms with Gasteiger partial charge in [-0.15, -0.1) is 0 Å². The molecule has 0 aliphatic heterocycles. The first-order chi connectivity index (χ1) is 10.2. The third-order valence-corrected chi connectivity index (χ3v) is 3.96. The summed E-state index contributed by atoms with van der Waals surface area (Å²) in [5.41, 5.74) is 5.51. The zero-order chi connectivity index (χ0) is 15.8. The lowest BCUT2D eigenvalue weighted by Gasteiger charge is -2.11. The SMILES string of the molecule is CCCCCCCCCCCCC/C=C/C(O)C(N)CO.O. The second-order valence-electron chi connectivity index (χ2n) is 6.09. The fourth-order valence-electron chi connectivity index (χ4n) is 2.41. The molecule has 0 aromatic rings. The third kappa shape index (κ3) is 16.0. The molecule has 0 spiro atoms. The van der Waals surface area contributed by atoms with Crippen LogP contribution < -0.4 is 5.73 Å². The average molecular weight is 318 g/mol. The van der Waals surface area contributed by atoms with E-state index in [1.165, 1.54) is 70.6 Å². The van der Waals surface area contributed by atoms with Crippen LogP contribution in [0.1, 0.15) is 84.0 Å². The largest absolute Gasteiger partial charge is 0.412 e. The molecule has 2 unspecified atom stereocenters. The normalized spacial score (nSPS) is 14.0. The molecule has 0 heterocycles. The Bertz CT molecular complexity index is 234. The van der Waals surface area contributed by atoms with Crippen molar-refractivity contribution < 1.29 is 15.7 Å². The molecular weight excluding hydrogens is 278 g/mol. The van der Waals surface area contributed by atoms with Gasteiger partial charge in [0.15, 0.2) is 0 Å². The first-order valence-electron chi connectivity index (χ1n) is 8.93. The molecule has 6 N–H and O–H groups in total. The van der Waals surface area contributed by atoms with E-state index in [2.05, 4.69) is 6.92 Å². The summed E-state index contributed by atoms with van der Waals surface area (Å²) in [5, 5.41) is 18.3. The number of nitrogens with two attached hydrogens (primary N) is 1. The Kier molecular flexibility index (Phi) is 20.2. The maximum Gasteiger partial charge on any atom is 0.0894 e. The van der Waals surface area contributed by atoms with Crippen molar-refractivity contribution >= 4 is 0 Å². The van der Waals surface area contributed by atoms with E-state index in [-0.39, 0.29) is 12.1 Å². The molecule has 4 nitrogen and oxygen atoms in total. The molecule has 0 saturated heterocycles. The van der Waals surface area contributed by atoms with E-state index in [1.54, 1.807) is 6.08 Å². The molecular formula is C18H39NO3. The molecule has 2 atom stereocenters. The van der Waals surface area contributed by atoms with Gasteiger partial charge in [0.05, 0.1) is 18.8 Å². The van der Waals surface area contributed by atoms with E-state index < -0.39 is 12.1 Å². The van der Waals surface area contributed by atoms with Crippen molar-refractivity contribution in [1.82, 2.24) is 0 Å². The number of hydrogen-bond acceptors (Lipinski definition) is 3. The lowest BCUT2D eigenvalue weighted by atomic mass is 10.0. The zero-order valence-electron chi connectivity index (χ0n) is 14.5. The number of hydrogen-bond donors (Lipinski definition) is 3. The van der Waals surface area contributed by atoms with Crippen LogP contribution >= 0.6 is 0 Å². The Hall–Kier alpha value is -0.420. The fourth-order valence-corrected chi connectivity index (χ4v) is 2.41. The van der Waals surface area contributed by atoms with E-state index in [4.69, 9.17) is 10.8 Å². The number of unbranched alkanes of at least 4 members (excludes halogenated alkanes) is 11. The van der Waals surface area contributed by atoms with Gasteiger partial charge in [0.2, 0.25) is 0 Å². The quantitative estimate of drug-likeness (QED) is 0.320. The van der Waals surface area contributed by atoms with Crippen molar-refractivity contribution in [3.05, 3.63) is 12.2 Å². The van der Waals surface area contributed by atoms with Crippen molar-refractivity contribution in [2.24, 2.45) is 5.73 Å². The zero-order valence-corrected chi connectivity index (χ0v) is 14.5. The summed E-state index contributed by atoms with van der Waals surface area (Å²) in [7, 11) is 0. The van der Waals surface area contributed by atoms with Gasteiger partial charge >= 0.3 is 0 Å². The number of rotatable bonds is 15. The van der Waals surface area contributed by atoms with E-state index in [0.29, 0.717) is 0 Å². The molecule has 0 amide bonds. The van der Waals surface area contributed by atoms with Crippen LogP contribution in [0.3, 0.4) is 0 Å². The maximum atomic E-state index is 9.52. The van der Waals surface area contributed by atoms with Crippen LogP contribution in [-0.2, 0) is 0 Å². The Morgan fingerprint density at radius 3 is 1.77 bits per heavy atom. The number of aliphatic hydroxyl groups excluding tert-OH is 2. The smallest absolute Gasteiger partial charge is 0.0894 e. The Morgan fingerprint density at radius 1 is 0.864 bits per heavy atom. The predicted molar refractivity (Wildman–Crippen MR) is 94.9 cm³/mol. The van der Waals surface area contributed by atoms with Gasteiger partial charge in [0.25, 0.3) is 0 Å². The topological polar surface area (TPSA) is 98.0 Å². The van der Waals surface area contributed by atoms with Crippen LogP contribution in [0.25, 0.3) is 0 Å². The van der Waals surface area contributed by atoms with E-state index in [1.807, 2.05) is 6.08 Å². The molecule has 0 rings (SSSR count). The summed E-state index contributed by atoms with van der Waals surface area (Å²) in [6, 6.07) is -0.557. The molecule has 0 fully saturated rings. The molecule has 0 aromatic carbocycles. The first kappa shape index (κ1) is 23.8. The predicted octanol–water partition coefficient (Wildman–Crippen LogP) is 3.10. The van der Waals surface area contributed by atoms with E-state index >= 15 is 0 Å². The maximum absolute atomic E-state index is 9.52. The summed E-state index contributed by atoms with van der Waals surface area (Å²) >= 11 is 0. The molecule has 0 aromatic heterocycles. The van der Waals surface area contributed by atoms with Crippen molar-refractivity contribution in [1.29, 1.82) is 0 Å². The standard InChI is InChI=1S/C18H37NO2.H2O/c1-2-3-4-5-6-7-8-9-10-11-12-13-14-15-18(21)17(19)16-20;/h14-15,17-18,20-21H,2-13,16,19H2,1H3;1H2/b15-14+;. The van der Waals surface area contributed by atoms with Gasteiger partial charge in [-0.2, -0.15) is 0 Å². The van der Waals surface area contributed by atoms with Crippen molar-refractivity contribution in [3.63, 3.8) is 0 Å². The van der Waals surface area contributed by atoms with E-state index in [0.717, 1.165) is 6.42 Å². The van der Waals surface area contributed by atoms with Gasteiger partial charge in [-0.05, 0) is 12.8 Å². The highest BCUT2D eigenvalue weighted by atomic mass is 16.3. The van der Waals surface area contributed by atoms with Crippen molar-refractivity contribution in [2.75, 3.05) is 6.61 Å². The second kappa shape index (κ2) is 18.6. The summed E-state index contributed by atoms with van der Waals surface area (Å²) < 4.78 is 0. The third-order valence-electron chi connectivity index (χ3n) is 3.96. The Balaban J connectivity index is 0. The molecule has 0 saturated carbocycles. The summed E-state index contributed by atoms with van der Waals surface area (Å²) in [5.74, 6) is 0. The average Bonchev–Trinajstić information content (AvgIpc) is 2.50. The lowest BCUT2D eigenvalue weighted by Crippen LogP contribution is -2.36. The van der Waals surface area contributed by atoms with Crippen LogP contribution in [0.5, 0.6) is 0 Å². The summed E-state index contributed by atoms with van der Waals surface area (Å²) in [6.45, 7) is 2.08. The lowest BCUT2D eigenvalue weighted by molar-refractivity contribution is 0.144. The minimum atomic E-state index is -0.720. The molecule has 0 bridgehead atoms. The van der Waals surface area contributed by atoms with Crippen molar-refractivity contribution in [3.8, 4) is 0 Å². The highest BCUT2D eigenvalue weighted by Gasteiger charge is 2.08. The number of allylic oxidation sites excluding steroid dienone is 1. The van der Waals surface area contributed by atoms with Gasteiger partial charge < -0.3 is 21.4 Å². The highest BCUT2D eigenvalue weighted by molar-refractivity contribution is 4.93. The molecule has 0 aliphatic carbocycles. The minimum absolute atomic E-state index is 0. The van der Waals surface area contributed by atoms with Crippen LogP contribution in [0.4, 0.5) is 0 Å². The van der Waals surface area contributed by atoms with Crippen LogP contribution in [0.15, 0.2) is 12.2 Å². The second-order valence-corrected chi connectivity index (χ2v) is 6.09. The van der Waals surface area contributed by atoms with Gasteiger partial charge in [-0.25, -0.2) is 0 Å². The van der Waals surface area contributed by atoms with Gasteiger partial charge in [0, 0.05) is 0 Å². The van der Waals surface area contributed by atoms with Gasteiger partial charge in [0.1, 0.15) is 0 Å². The molecule has 0 radical (unpaired) electrons. The molecule has 4 heteroatoms. The highest BCUT2D eigenvalue weighted by Crippen LogP contribution is 2.12. The minimum Gasteiger partial charge on any atom is -0.412 e. The molecule has 22 heavy (non-hydrogen) atoms. The van der Waals surface area contributed by atoms with Gasteiger partial charge in [-0.3, -0.25) is 0 Å². The summed E-state index contributed by atoms with van der Waals surface area (Å²) in [6.07, 6.45) is 18.8. The van der Waals surface area contributed by atoms with Crippen LogP contribution in [0.2, 0.25) is 0 Å². The van der Waals surface area contributed by atoms with Gasteiger partial charge in [-0.1, -0.05) is 83.3 Å². The van der Waals surface area contributed by atoms with Crippen LogP contribution in [-0.4, -0.2) is 34.4 Å².